The SMILES string of the molecule is CCOC(=O)C1(CCOC)CCN(Cc2ccc(O)c(Cl)c2)CC1. The van der Waals surface area contributed by atoms with Crippen LogP contribution in [0.4, 0.5) is 0 Å². The van der Waals surface area contributed by atoms with Crippen LogP contribution in [0.15, 0.2) is 18.2 Å². The van der Waals surface area contributed by atoms with E-state index in [0.717, 1.165) is 38.0 Å². The van der Waals surface area contributed by atoms with E-state index in [-0.39, 0.29) is 11.7 Å². The lowest BCUT2D eigenvalue weighted by molar-refractivity contribution is -0.160. The molecule has 1 aliphatic heterocycles. The molecule has 1 N–H and O–H groups in total. The largest absolute Gasteiger partial charge is 0.506 e. The van der Waals surface area contributed by atoms with Gasteiger partial charge in [-0.1, -0.05) is 17.7 Å². The Morgan fingerprint density at radius 1 is 1.38 bits per heavy atom. The van der Waals surface area contributed by atoms with Crippen LogP contribution in [-0.4, -0.2) is 49.4 Å². The summed E-state index contributed by atoms with van der Waals surface area (Å²) in [7, 11) is 1.66. The number of esters is 1. The van der Waals surface area contributed by atoms with Crippen molar-refractivity contribution in [3.05, 3.63) is 28.8 Å². The monoisotopic (exact) mass is 355 g/mol. The summed E-state index contributed by atoms with van der Waals surface area (Å²) in [5.41, 5.74) is 0.619. The minimum Gasteiger partial charge on any atom is -0.506 e. The van der Waals surface area contributed by atoms with Gasteiger partial charge < -0.3 is 14.6 Å². The molecular weight excluding hydrogens is 330 g/mol. The number of hydrogen-bond acceptors (Lipinski definition) is 5. The number of ether oxygens (including phenoxy) is 2. The van der Waals surface area contributed by atoms with E-state index in [1.54, 1.807) is 19.2 Å². The summed E-state index contributed by atoms with van der Waals surface area (Å²) in [6.07, 6.45) is 2.23. The fraction of sp³-hybridized carbons (Fsp3) is 0.611. The van der Waals surface area contributed by atoms with E-state index < -0.39 is 5.41 Å². The number of likely N-dealkylation sites (tertiary alicyclic amines) is 1. The van der Waals surface area contributed by atoms with Crippen molar-refractivity contribution in [2.24, 2.45) is 5.41 Å². The van der Waals surface area contributed by atoms with Gasteiger partial charge in [-0.25, -0.2) is 0 Å². The van der Waals surface area contributed by atoms with Crippen LogP contribution in [-0.2, 0) is 20.8 Å². The molecule has 1 aromatic rings. The van der Waals surface area contributed by atoms with E-state index >= 15 is 0 Å². The molecule has 1 saturated heterocycles. The van der Waals surface area contributed by atoms with Crippen molar-refractivity contribution < 1.29 is 19.4 Å². The Morgan fingerprint density at radius 2 is 2.08 bits per heavy atom. The predicted molar refractivity (Wildman–Crippen MR) is 93.2 cm³/mol. The van der Waals surface area contributed by atoms with Gasteiger partial charge in [0.1, 0.15) is 5.75 Å². The van der Waals surface area contributed by atoms with Crippen molar-refractivity contribution in [2.45, 2.75) is 32.7 Å². The van der Waals surface area contributed by atoms with E-state index in [0.29, 0.717) is 24.7 Å². The lowest BCUT2D eigenvalue weighted by Gasteiger charge is -2.40. The van der Waals surface area contributed by atoms with Gasteiger partial charge in [0.2, 0.25) is 0 Å². The standard InChI is InChI=1S/C18H26ClNO4/c1-3-24-17(22)18(8-11-23-2)6-9-20(10-7-18)13-14-4-5-16(21)15(19)12-14/h4-5,12,21H,3,6-11,13H2,1-2H3. The number of benzene rings is 1. The minimum absolute atomic E-state index is 0.0972. The van der Waals surface area contributed by atoms with Crippen LogP contribution < -0.4 is 0 Å². The minimum atomic E-state index is -0.435. The number of nitrogens with zero attached hydrogens (tertiary/aromatic N) is 1. The Kier molecular flexibility index (Phi) is 6.90. The maximum absolute atomic E-state index is 12.4. The molecule has 0 atom stereocenters. The van der Waals surface area contributed by atoms with Crippen molar-refractivity contribution in [2.75, 3.05) is 33.4 Å². The van der Waals surface area contributed by atoms with Gasteiger partial charge in [0.05, 0.1) is 17.0 Å². The predicted octanol–water partition coefficient (Wildman–Crippen LogP) is 3.23. The van der Waals surface area contributed by atoms with Gasteiger partial charge in [0, 0.05) is 20.3 Å². The van der Waals surface area contributed by atoms with Crippen molar-refractivity contribution in [1.29, 1.82) is 0 Å². The zero-order valence-corrected chi connectivity index (χ0v) is 15.1. The highest BCUT2D eigenvalue weighted by Gasteiger charge is 2.42. The molecule has 24 heavy (non-hydrogen) atoms. The molecule has 0 saturated carbocycles. The molecule has 2 rings (SSSR count). The number of rotatable bonds is 7. The summed E-state index contributed by atoms with van der Waals surface area (Å²) in [4.78, 5) is 14.7. The van der Waals surface area contributed by atoms with E-state index in [4.69, 9.17) is 21.1 Å². The number of aromatic hydroxyl groups is 1. The molecule has 1 heterocycles. The highest BCUT2D eigenvalue weighted by molar-refractivity contribution is 6.32. The number of carbonyl (C=O) groups excluding carboxylic acids is 1. The first-order chi connectivity index (χ1) is 11.5. The fourth-order valence-corrected chi connectivity index (χ4v) is 3.39. The number of hydrogen-bond donors (Lipinski definition) is 1. The van der Waals surface area contributed by atoms with Crippen LogP contribution >= 0.6 is 11.6 Å². The molecule has 0 unspecified atom stereocenters. The molecule has 0 aromatic heterocycles. The third-order valence-corrected chi connectivity index (χ3v) is 5.03. The van der Waals surface area contributed by atoms with Crippen LogP contribution in [0.1, 0.15) is 31.7 Å². The zero-order chi connectivity index (χ0) is 17.6. The first-order valence-electron chi connectivity index (χ1n) is 8.36. The van der Waals surface area contributed by atoms with Gasteiger partial charge in [0.15, 0.2) is 0 Å². The molecule has 1 aliphatic rings. The van der Waals surface area contributed by atoms with Crippen LogP contribution in [0.25, 0.3) is 0 Å². The molecule has 134 valence electrons. The molecule has 0 bridgehead atoms. The molecule has 5 nitrogen and oxygen atoms in total. The zero-order valence-electron chi connectivity index (χ0n) is 14.4. The van der Waals surface area contributed by atoms with Crippen LogP contribution in [0.5, 0.6) is 5.75 Å². The third-order valence-electron chi connectivity index (χ3n) is 4.72. The summed E-state index contributed by atoms with van der Waals surface area (Å²) in [6, 6.07) is 5.28. The second-order valence-electron chi connectivity index (χ2n) is 6.31. The maximum atomic E-state index is 12.4. The van der Waals surface area contributed by atoms with Gasteiger partial charge >= 0.3 is 5.97 Å². The van der Waals surface area contributed by atoms with Gasteiger partial charge in [-0.3, -0.25) is 9.69 Å². The summed E-state index contributed by atoms with van der Waals surface area (Å²) in [6.45, 7) is 5.20. The van der Waals surface area contributed by atoms with E-state index in [9.17, 15) is 9.90 Å². The Balaban J connectivity index is 1.98. The molecule has 1 aromatic carbocycles. The van der Waals surface area contributed by atoms with Crippen LogP contribution in [0.3, 0.4) is 0 Å². The molecule has 1 fully saturated rings. The Bertz CT molecular complexity index is 556. The Hall–Kier alpha value is -1.30. The van der Waals surface area contributed by atoms with Crippen LogP contribution in [0.2, 0.25) is 5.02 Å². The number of phenolic OH excluding ortho intramolecular Hbond substituents is 1. The topological polar surface area (TPSA) is 59.0 Å². The lowest BCUT2D eigenvalue weighted by Crippen LogP contribution is -2.45. The second-order valence-corrected chi connectivity index (χ2v) is 6.71. The third kappa shape index (κ3) is 4.62. The number of phenols is 1. The smallest absolute Gasteiger partial charge is 0.312 e. The maximum Gasteiger partial charge on any atom is 0.312 e. The van der Waals surface area contributed by atoms with Crippen molar-refractivity contribution >= 4 is 17.6 Å². The molecule has 6 heteroatoms. The van der Waals surface area contributed by atoms with Crippen LogP contribution in [0, 0.1) is 5.41 Å². The number of piperidine rings is 1. The van der Waals surface area contributed by atoms with Crippen molar-refractivity contribution in [3.8, 4) is 5.75 Å². The summed E-state index contributed by atoms with van der Waals surface area (Å²) in [5.74, 6) is -0.00525. The van der Waals surface area contributed by atoms with Crippen molar-refractivity contribution in [1.82, 2.24) is 4.90 Å². The molecule has 0 radical (unpaired) electrons. The van der Waals surface area contributed by atoms with Gasteiger partial charge in [0.25, 0.3) is 0 Å². The number of methoxy groups -OCH3 is 1. The number of halogens is 1. The van der Waals surface area contributed by atoms with E-state index in [1.165, 1.54) is 0 Å². The highest BCUT2D eigenvalue weighted by atomic mass is 35.5. The quantitative estimate of drug-likeness (QED) is 0.761. The van der Waals surface area contributed by atoms with E-state index in [2.05, 4.69) is 4.90 Å². The Morgan fingerprint density at radius 3 is 2.67 bits per heavy atom. The average Bonchev–Trinajstić information content (AvgIpc) is 2.58. The van der Waals surface area contributed by atoms with Gasteiger partial charge in [-0.05, 0) is 57.0 Å². The number of carbonyl (C=O) groups is 1. The lowest BCUT2D eigenvalue weighted by atomic mass is 9.75. The van der Waals surface area contributed by atoms with Crippen molar-refractivity contribution in [3.63, 3.8) is 0 Å². The highest BCUT2D eigenvalue weighted by Crippen LogP contribution is 2.37. The van der Waals surface area contributed by atoms with Gasteiger partial charge in [-0.15, -0.1) is 0 Å². The molecule has 0 spiro atoms. The molecule has 0 amide bonds. The average molecular weight is 356 g/mol. The van der Waals surface area contributed by atoms with E-state index in [1.807, 2.05) is 13.0 Å². The first kappa shape index (κ1) is 19.0. The molecule has 0 aliphatic carbocycles. The summed E-state index contributed by atoms with van der Waals surface area (Å²) < 4.78 is 10.5. The summed E-state index contributed by atoms with van der Waals surface area (Å²) >= 11 is 5.97. The van der Waals surface area contributed by atoms with Gasteiger partial charge in [-0.2, -0.15) is 0 Å². The fourth-order valence-electron chi connectivity index (χ4n) is 3.18. The second kappa shape index (κ2) is 8.70. The normalized spacial score (nSPS) is 17.6. The summed E-state index contributed by atoms with van der Waals surface area (Å²) in [5, 5.41) is 9.87. The molecular formula is C18H26ClNO4. The Labute approximate surface area is 148 Å². The first-order valence-corrected chi connectivity index (χ1v) is 8.74.